The zero-order chi connectivity index (χ0) is 34.9. The van der Waals surface area contributed by atoms with Crippen molar-refractivity contribution >= 4 is 44.3 Å². The molecule has 0 atom stereocenters. The topological polar surface area (TPSA) is 13.1 Å². The maximum Gasteiger partial charge on any atom is 0.143 e. The summed E-state index contributed by atoms with van der Waals surface area (Å²) in [6, 6.07) is -12.6. The molecule has 30 heavy (non-hydrogen) atoms. The van der Waals surface area contributed by atoms with Gasteiger partial charge in [0.2, 0.25) is 0 Å². The van der Waals surface area contributed by atoms with E-state index in [9.17, 15) is 1.37 Å². The van der Waals surface area contributed by atoms with E-state index in [1.54, 1.807) is 0 Å². The average molecular weight is 422 g/mol. The van der Waals surface area contributed by atoms with E-state index in [1.165, 1.54) is 0 Å². The Hall–Kier alpha value is -3.55. The molecule has 0 aliphatic carbocycles. The molecule has 0 aliphatic rings. The largest absolute Gasteiger partial charge is 0.455 e. The Morgan fingerprint density at radius 1 is 0.600 bits per heavy atom. The zero-order valence-corrected chi connectivity index (χ0v) is 15.5. The summed E-state index contributed by atoms with van der Waals surface area (Å²) in [4.78, 5) is 0. The minimum atomic E-state index is -0.858. The van der Waals surface area contributed by atoms with Gasteiger partial charge in [-0.3, -0.25) is 0 Å². The third kappa shape index (κ3) is 2.63. The molecule has 2 heteroatoms. The Morgan fingerprint density at radius 2 is 1.27 bits per heavy atom. The zero-order valence-electron chi connectivity index (χ0n) is 31.8. The number of hydrogen-bond acceptors (Lipinski definition) is 1. The Labute approximate surface area is 203 Å². The highest BCUT2D eigenvalue weighted by molar-refractivity contribution is 6.38. The lowest BCUT2D eigenvalue weighted by molar-refractivity contribution is 0.672. The quantitative estimate of drug-likeness (QED) is 0.272. The third-order valence-electron chi connectivity index (χ3n) is 4.52. The van der Waals surface area contributed by atoms with Gasteiger partial charge in [0, 0.05) is 16.2 Å². The first-order valence-electron chi connectivity index (χ1n) is 17.1. The smallest absolute Gasteiger partial charge is 0.143 e. The standard InChI is InChI=1S/C28H17ClO/c29-25-11-6-12-26-27(25)24-17-23(21-9-4-5-10-22(21)28(24)30-26)20-15-13-19(14-16-20)18-7-2-1-3-8-18/h1-17H/i1D,2D,3D,4D,5D,6D,7D,8D,9D,10D,11D,12D,13D,14D,15D,16D,17D. The summed E-state index contributed by atoms with van der Waals surface area (Å²) in [6.45, 7) is 0. The molecule has 142 valence electrons. The van der Waals surface area contributed by atoms with Gasteiger partial charge in [0.05, 0.1) is 28.3 Å². The van der Waals surface area contributed by atoms with E-state index >= 15 is 0 Å². The normalized spacial score (nSPS) is 19.4. The molecule has 0 radical (unpaired) electrons. The number of benzene rings is 5. The fraction of sp³-hybridized carbons (Fsp3) is 0. The van der Waals surface area contributed by atoms with Crippen molar-refractivity contribution in [1.82, 2.24) is 0 Å². The SMILES string of the molecule is [2H]c1c([2H])c([2H])c(-c2c([2H])c([2H])c(-c3c([2H])c4c(oc5c([2H])c([2H])c([2H])c(Cl)c54)c4c([2H])c([2H])c([2H])c([2H])c34)c([2H])c2[2H])c([2H])c1[2H]. The monoisotopic (exact) mass is 421 g/mol. The highest BCUT2D eigenvalue weighted by Crippen LogP contribution is 2.41. The summed E-state index contributed by atoms with van der Waals surface area (Å²) >= 11 is 6.44. The molecular formula is C28H17ClO. The first kappa shape index (κ1) is 7.30. The van der Waals surface area contributed by atoms with E-state index < -0.39 is 135 Å². The Bertz CT molecular complexity index is 2390. The van der Waals surface area contributed by atoms with Crippen LogP contribution in [0.2, 0.25) is 5.02 Å². The minimum Gasteiger partial charge on any atom is -0.455 e. The summed E-state index contributed by atoms with van der Waals surface area (Å²) in [6.07, 6.45) is 0. The lowest BCUT2D eigenvalue weighted by Crippen LogP contribution is -1.84. The van der Waals surface area contributed by atoms with E-state index in [1.807, 2.05) is 0 Å². The van der Waals surface area contributed by atoms with E-state index in [4.69, 9.17) is 38.0 Å². The van der Waals surface area contributed by atoms with Crippen molar-refractivity contribution in [3.63, 3.8) is 0 Å². The maximum atomic E-state index is 9.28. The van der Waals surface area contributed by atoms with Crippen molar-refractivity contribution in [1.29, 1.82) is 0 Å². The second-order valence-electron chi connectivity index (χ2n) is 6.20. The van der Waals surface area contributed by atoms with Gasteiger partial charge < -0.3 is 4.42 Å². The third-order valence-corrected chi connectivity index (χ3v) is 4.80. The molecule has 0 amide bonds. The first-order chi connectivity index (χ1) is 21.9. The molecule has 0 saturated heterocycles. The van der Waals surface area contributed by atoms with Gasteiger partial charge >= 0.3 is 0 Å². The second kappa shape index (κ2) is 6.76. The van der Waals surface area contributed by atoms with Gasteiger partial charge in [0.25, 0.3) is 0 Å². The number of hydrogen-bond donors (Lipinski definition) is 0. The van der Waals surface area contributed by atoms with Crippen LogP contribution in [0.1, 0.15) is 23.3 Å². The lowest BCUT2D eigenvalue weighted by Gasteiger charge is -2.10. The van der Waals surface area contributed by atoms with Crippen LogP contribution in [-0.4, -0.2) is 0 Å². The first-order valence-corrected chi connectivity index (χ1v) is 8.98. The number of rotatable bonds is 2. The molecule has 1 nitrogen and oxygen atoms in total. The van der Waals surface area contributed by atoms with Gasteiger partial charge in [0.15, 0.2) is 0 Å². The van der Waals surface area contributed by atoms with Gasteiger partial charge in [-0.1, -0.05) is 96.2 Å². The summed E-state index contributed by atoms with van der Waals surface area (Å²) in [5.74, 6) is 0. The molecule has 1 heterocycles. The second-order valence-corrected chi connectivity index (χ2v) is 6.58. The fourth-order valence-electron chi connectivity index (χ4n) is 3.21. The Kier molecular flexibility index (Phi) is 1.64. The molecule has 0 N–H and O–H groups in total. The van der Waals surface area contributed by atoms with Crippen LogP contribution in [0.5, 0.6) is 0 Å². The van der Waals surface area contributed by atoms with Gasteiger partial charge in [-0.15, -0.1) is 0 Å². The molecule has 0 spiro atoms. The van der Waals surface area contributed by atoms with Crippen molar-refractivity contribution in [2.45, 2.75) is 0 Å². The van der Waals surface area contributed by atoms with Crippen molar-refractivity contribution in [2.24, 2.45) is 0 Å². The number of fused-ring (bicyclic) bond motifs is 5. The van der Waals surface area contributed by atoms with Crippen LogP contribution in [0.4, 0.5) is 0 Å². The average Bonchev–Trinajstić information content (AvgIpc) is 3.45. The van der Waals surface area contributed by atoms with E-state index in [2.05, 4.69) is 0 Å². The Morgan fingerprint density at radius 3 is 2.07 bits per heavy atom. The van der Waals surface area contributed by atoms with Crippen molar-refractivity contribution < 1.29 is 27.7 Å². The van der Waals surface area contributed by atoms with Gasteiger partial charge in [-0.05, 0) is 45.8 Å². The molecule has 0 aliphatic heterocycles. The molecular weight excluding hydrogens is 388 g/mol. The molecule has 6 rings (SSSR count). The van der Waals surface area contributed by atoms with Crippen LogP contribution in [0.15, 0.2) is 107 Å². The summed E-state index contributed by atoms with van der Waals surface area (Å²) < 4.78 is 150. The summed E-state index contributed by atoms with van der Waals surface area (Å²) in [5, 5.41) is -1.67. The highest BCUT2D eigenvalue weighted by Gasteiger charge is 2.16. The molecule has 0 bridgehead atoms. The van der Waals surface area contributed by atoms with Crippen LogP contribution in [0, 0.1) is 0 Å². The lowest BCUT2D eigenvalue weighted by atomic mass is 9.94. The van der Waals surface area contributed by atoms with Crippen LogP contribution >= 0.6 is 11.6 Å². The van der Waals surface area contributed by atoms with E-state index in [0.717, 1.165) is 0 Å². The fourth-order valence-corrected chi connectivity index (χ4v) is 3.44. The molecule has 1 aromatic heterocycles. The molecule has 0 saturated carbocycles. The predicted octanol–water partition coefficient (Wildman–Crippen LogP) is 8.73. The van der Waals surface area contributed by atoms with Gasteiger partial charge in [0.1, 0.15) is 11.2 Å². The minimum absolute atomic E-state index is 0.209. The van der Waals surface area contributed by atoms with Crippen LogP contribution in [0.3, 0.4) is 0 Å². The van der Waals surface area contributed by atoms with Crippen LogP contribution < -0.4 is 0 Å². The molecule has 0 unspecified atom stereocenters. The van der Waals surface area contributed by atoms with Gasteiger partial charge in [-0.25, -0.2) is 0 Å². The van der Waals surface area contributed by atoms with E-state index in [0.29, 0.717) is 0 Å². The summed E-state index contributed by atoms with van der Waals surface area (Å²) in [7, 11) is 0. The van der Waals surface area contributed by atoms with Crippen molar-refractivity contribution in [3.05, 3.63) is 108 Å². The Balaban J connectivity index is 1.90. The highest BCUT2D eigenvalue weighted by atomic mass is 35.5. The van der Waals surface area contributed by atoms with Crippen LogP contribution in [-0.2, 0) is 0 Å². The molecule has 5 aromatic carbocycles. The number of halogens is 1. The van der Waals surface area contributed by atoms with Crippen molar-refractivity contribution in [3.8, 4) is 22.3 Å². The molecule has 6 aromatic rings. The van der Waals surface area contributed by atoms with Crippen LogP contribution in [0.25, 0.3) is 55.0 Å². The van der Waals surface area contributed by atoms with Gasteiger partial charge in [-0.2, -0.15) is 0 Å². The maximum absolute atomic E-state index is 9.28. The summed E-state index contributed by atoms with van der Waals surface area (Å²) in [5.41, 5.74) is -3.05. The van der Waals surface area contributed by atoms with E-state index in [-0.39, 0.29) is 27.3 Å². The van der Waals surface area contributed by atoms with Crippen molar-refractivity contribution in [2.75, 3.05) is 0 Å². The predicted molar refractivity (Wildman–Crippen MR) is 127 cm³/mol. The number of furan rings is 1. The molecule has 0 fully saturated rings.